The molecule has 22 heavy (non-hydrogen) atoms. The topological polar surface area (TPSA) is 80.5 Å². The fraction of sp³-hybridized carbons (Fsp3) is 0.533. The van der Waals surface area contributed by atoms with Crippen LogP contribution in [0, 0.1) is 5.41 Å². The minimum Gasteiger partial charge on any atom is -0.338 e. The number of benzene rings is 1. The standard InChI is InChI=1S/C15H22N2O3S.ClH/c1-15(2)10-17(9-8-13(15)16)14(18)11-4-6-12(7-5-11)21(3,19)20;/h4-7,13H,8-10,16H2,1-3H3;1H. The second-order valence-electron chi connectivity index (χ2n) is 6.41. The molecule has 7 heteroatoms. The SMILES string of the molecule is CC1(C)CN(C(=O)c2ccc(S(C)(=O)=O)cc2)CCC1N.Cl. The molecule has 2 rings (SSSR count). The summed E-state index contributed by atoms with van der Waals surface area (Å²) in [4.78, 5) is 14.5. The lowest BCUT2D eigenvalue weighted by Gasteiger charge is -2.42. The molecular formula is C15H23ClN2O3S. The lowest BCUT2D eigenvalue weighted by molar-refractivity contribution is 0.0533. The third-order valence-corrected chi connectivity index (χ3v) is 5.26. The smallest absolute Gasteiger partial charge is 0.253 e. The Hall–Kier alpha value is -1.11. The van der Waals surface area contributed by atoms with E-state index in [-0.39, 0.29) is 34.7 Å². The number of carbonyl (C=O) groups is 1. The Bertz CT molecular complexity index is 641. The second kappa shape index (κ2) is 6.56. The fourth-order valence-electron chi connectivity index (χ4n) is 2.57. The van der Waals surface area contributed by atoms with Crippen molar-refractivity contribution in [2.75, 3.05) is 19.3 Å². The van der Waals surface area contributed by atoms with Gasteiger partial charge in [-0.05, 0) is 36.1 Å². The van der Waals surface area contributed by atoms with Crippen LogP contribution in [0.2, 0.25) is 0 Å². The van der Waals surface area contributed by atoms with Crippen molar-refractivity contribution >= 4 is 28.2 Å². The molecule has 1 unspecified atom stereocenters. The van der Waals surface area contributed by atoms with E-state index in [1.165, 1.54) is 12.1 Å². The van der Waals surface area contributed by atoms with Crippen LogP contribution in [-0.2, 0) is 9.84 Å². The Kier molecular flexibility index (Phi) is 5.65. The van der Waals surface area contributed by atoms with Gasteiger partial charge in [0, 0.05) is 31.0 Å². The van der Waals surface area contributed by atoms with Crippen LogP contribution in [0.1, 0.15) is 30.6 Å². The summed E-state index contributed by atoms with van der Waals surface area (Å²) in [6, 6.07) is 6.18. The van der Waals surface area contributed by atoms with E-state index >= 15 is 0 Å². The quantitative estimate of drug-likeness (QED) is 0.884. The summed E-state index contributed by atoms with van der Waals surface area (Å²) in [5.74, 6) is -0.0740. The zero-order valence-corrected chi connectivity index (χ0v) is 14.7. The van der Waals surface area contributed by atoms with E-state index < -0.39 is 9.84 Å². The molecule has 0 saturated carbocycles. The number of hydrogen-bond donors (Lipinski definition) is 1. The van der Waals surface area contributed by atoms with E-state index in [2.05, 4.69) is 13.8 Å². The highest BCUT2D eigenvalue weighted by molar-refractivity contribution is 7.90. The lowest BCUT2D eigenvalue weighted by Crippen LogP contribution is -2.53. The van der Waals surface area contributed by atoms with Crippen molar-refractivity contribution in [2.24, 2.45) is 11.1 Å². The van der Waals surface area contributed by atoms with Gasteiger partial charge in [0.15, 0.2) is 9.84 Å². The molecule has 1 saturated heterocycles. The molecule has 5 nitrogen and oxygen atoms in total. The normalized spacial score (nSPS) is 21.1. The minimum absolute atomic E-state index is 0. The second-order valence-corrected chi connectivity index (χ2v) is 8.42. The van der Waals surface area contributed by atoms with Crippen molar-refractivity contribution in [3.63, 3.8) is 0 Å². The first-order chi connectivity index (χ1) is 9.61. The van der Waals surface area contributed by atoms with Gasteiger partial charge in [0.1, 0.15) is 0 Å². The summed E-state index contributed by atoms with van der Waals surface area (Å²) in [5.41, 5.74) is 6.47. The lowest BCUT2D eigenvalue weighted by atomic mass is 9.79. The number of halogens is 1. The Morgan fingerprint density at radius 2 is 1.82 bits per heavy atom. The molecule has 1 heterocycles. The molecule has 1 aromatic rings. The number of carbonyl (C=O) groups excluding carboxylic acids is 1. The van der Waals surface area contributed by atoms with Gasteiger partial charge in [0.25, 0.3) is 5.91 Å². The average molecular weight is 347 g/mol. The largest absolute Gasteiger partial charge is 0.338 e. The van der Waals surface area contributed by atoms with E-state index in [1.807, 2.05) is 0 Å². The predicted octanol–water partition coefficient (Wildman–Crippen LogP) is 1.71. The van der Waals surface area contributed by atoms with E-state index in [4.69, 9.17) is 5.73 Å². The fourth-order valence-corrected chi connectivity index (χ4v) is 3.20. The van der Waals surface area contributed by atoms with Gasteiger partial charge in [-0.15, -0.1) is 12.4 Å². The highest BCUT2D eigenvalue weighted by atomic mass is 35.5. The first-order valence-electron chi connectivity index (χ1n) is 6.96. The molecule has 1 amide bonds. The van der Waals surface area contributed by atoms with Crippen LogP contribution in [0.3, 0.4) is 0 Å². The zero-order valence-electron chi connectivity index (χ0n) is 13.1. The molecule has 0 aromatic heterocycles. The first kappa shape index (κ1) is 18.9. The van der Waals surface area contributed by atoms with Gasteiger partial charge in [0.05, 0.1) is 4.90 Å². The predicted molar refractivity (Wildman–Crippen MR) is 89.1 cm³/mol. The van der Waals surface area contributed by atoms with Crippen molar-refractivity contribution in [3.8, 4) is 0 Å². The molecule has 2 N–H and O–H groups in total. The molecule has 1 aliphatic rings. The number of nitrogens with zero attached hydrogens (tertiary/aromatic N) is 1. The number of amides is 1. The zero-order chi connectivity index (χ0) is 15.8. The molecule has 1 atom stereocenters. The van der Waals surface area contributed by atoms with Crippen molar-refractivity contribution in [2.45, 2.75) is 31.2 Å². The molecule has 1 fully saturated rings. The van der Waals surface area contributed by atoms with Crippen LogP contribution >= 0.6 is 12.4 Å². The average Bonchev–Trinajstić information content (AvgIpc) is 2.40. The molecule has 0 spiro atoms. The van der Waals surface area contributed by atoms with Crippen LogP contribution in [0.25, 0.3) is 0 Å². The minimum atomic E-state index is -3.24. The highest BCUT2D eigenvalue weighted by Gasteiger charge is 2.35. The van der Waals surface area contributed by atoms with Crippen molar-refractivity contribution in [1.82, 2.24) is 4.90 Å². The third-order valence-electron chi connectivity index (χ3n) is 4.13. The molecular weight excluding hydrogens is 324 g/mol. The maximum Gasteiger partial charge on any atom is 0.253 e. The Morgan fingerprint density at radius 1 is 1.27 bits per heavy atom. The highest BCUT2D eigenvalue weighted by Crippen LogP contribution is 2.28. The maximum atomic E-state index is 12.5. The van der Waals surface area contributed by atoms with Gasteiger partial charge in [-0.25, -0.2) is 8.42 Å². The van der Waals surface area contributed by atoms with Crippen LogP contribution in [0.15, 0.2) is 29.2 Å². The van der Waals surface area contributed by atoms with Gasteiger partial charge in [-0.1, -0.05) is 13.8 Å². The van der Waals surface area contributed by atoms with E-state index in [0.29, 0.717) is 18.7 Å². The van der Waals surface area contributed by atoms with Crippen molar-refractivity contribution in [1.29, 1.82) is 0 Å². The van der Waals surface area contributed by atoms with Gasteiger partial charge < -0.3 is 10.6 Å². The Balaban J connectivity index is 0.00000242. The first-order valence-corrected chi connectivity index (χ1v) is 8.85. The molecule has 124 valence electrons. The van der Waals surface area contributed by atoms with E-state index in [9.17, 15) is 13.2 Å². The van der Waals surface area contributed by atoms with Crippen molar-refractivity contribution in [3.05, 3.63) is 29.8 Å². The molecule has 0 radical (unpaired) electrons. The van der Waals surface area contributed by atoms with E-state index in [0.717, 1.165) is 12.7 Å². The molecule has 1 aromatic carbocycles. The summed E-state index contributed by atoms with van der Waals surface area (Å²) >= 11 is 0. The van der Waals surface area contributed by atoms with E-state index in [1.54, 1.807) is 17.0 Å². The third kappa shape index (κ3) is 4.00. The van der Waals surface area contributed by atoms with Gasteiger partial charge >= 0.3 is 0 Å². The number of sulfone groups is 1. The number of hydrogen-bond acceptors (Lipinski definition) is 4. The maximum absolute atomic E-state index is 12.5. The monoisotopic (exact) mass is 346 g/mol. The van der Waals surface area contributed by atoms with Gasteiger partial charge in [-0.2, -0.15) is 0 Å². The van der Waals surface area contributed by atoms with Crippen molar-refractivity contribution < 1.29 is 13.2 Å². The number of likely N-dealkylation sites (tertiary alicyclic amines) is 1. The summed E-state index contributed by atoms with van der Waals surface area (Å²) < 4.78 is 22.9. The summed E-state index contributed by atoms with van der Waals surface area (Å²) in [6.45, 7) is 5.37. The molecule has 0 aliphatic carbocycles. The molecule has 1 aliphatic heterocycles. The number of rotatable bonds is 2. The van der Waals surface area contributed by atoms with Crippen LogP contribution in [0.5, 0.6) is 0 Å². The van der Waals surface area contributed by atoms with Gasteiger partial charge in [-0.3, -0.25) is 4.79 Å². The summed E-state index contributed by atoms with van der Waals surface area (Å²) in [5, 5.41) is 0. The Morgan fingerprint density at radius 3 is 2.27 bits per heavy atom. The van der Waals surface area contributed by atoms with Crippen LogP contribution < -0.4 is 5.73 Å². The summed E-state index contributed by atoms with van der Waals surface area (Å²) in [6.07, 6.45) is 1.93. The van der Waals surface area contributed by atoms with Gasteiger partial charge in [0.2, 0.25) is 0 Å². The number of piperidine rings is 1. The number of nitrogens with two attached hydrogens (primary N) is 1. The molecule has 0 bridgehead atoms. The van der Waals surface area contributed by atoms with Crippen LogP contribution in [-0.4, -0.2) is 44.6 Å². The summed E-state index contributed by atoms with van der Waals surface area (Å²) in [7, 11) is -3.24. The Labute approximate surface area is 138 Å². The van der Waals surface area contributed by atoms with Crippen LogP contribution in [0.4, 0.5) is 0 Å².